The summed E-state index contributed by atoms with van der Waals surface area (Å²) >= 11 is 6.13. The standard InChI is InChI=1S/C25H32ClNO4.ClH/c1-25(2,14-17-11-18-5-3-4-6-19(18)12-17)27-15-21(28)16-31-22-8-9-23(26)20(13-22)7-10-24(29)30;/h3-6,8-9,13,17,21,27-28H,7,10-12,14-16H2,1-2H3,(H,29,30);1H. The van der Waals surface area contributed by atoms with Gasteiger partial charge in [-0.1, -0.05) is 35.9 Å². The van der Waals surface area contributed by atoms with Gasteiger partial charge in [-0.3, -0.25) is 4.79 Å². The monoisotopic (exact) mass is 481 g/mol. The van der Waals surface area contributed by atoms with Gasteiger partial charge in [0.05, 0.1) is 0 Å². The number of halogens is 2. The highest BCUT2D eigenvalue weighted by Crippen LogP contribution is 2.32. The average molecular weight is 482 g/mol. The summed E-state index contributed by atoms with van der Waals surface area (Å²) in [5.74, 6) is 0.325. The fourth-order valence-corrected chi connectivity index (χ4v) is 4.52. The summed E-state index contributed by atoms with van der Waals surface area (Å²) in [6, 6.07) is 13.8. The van der Waals surface area contributed by atoms with Crippen LogP contribution in [0.5, 0.6) is 5.75 Å². The lowest BCUT2D eigenvalue weighted by Crippen LogP contribution is -2.46. The maximum atomic E-state index is 10.8. The molecule has 7 heteroatoms. The molecule has 3 N–H and O–H groups in total. The number of β-amino-alcohol motifs (C(OH)–C–C–N with tert-alkyl or cyclic N) is 1. The van der Waals surface area contributed by atoms with Crippen molar-refractivity contribution in [2.75, 3.05) is 13.2 Å². The number of carboxylic acids is 1. The van der Waals surface area contributed by atoms with E-state index in [2.05, 4.69) is 43.4 Å². The summed E-state index contributed by atoms with van der Waals surface area (Å²) in [5, 5.41) is 23.2. The predicted molar refractivity (Wildman–Crippen MR) is 130 cm³/mol. The Morgan fingerprint density at radius 3 is 2.50 bits per heavy atom. The van der Waals surface area contributed by atoms with Crippen molar-refractivity contribution in [3.8, 4) is 5.75 Å². The Bertz CT molecular complexity index is 878. The van der Waals surface area contributed by atoms with Crippen LogP contribution in [0.25, 0.3) is 0 Å². The Labute approximate surface area is 201 Å². The Hall–Kier alpha value is -1.79. The van der Waals surface area contributed by atoms with Gasteiger partial charge in [-0.15, -0.1) is 12.4 Å². The van der Waals surface area contributed by atoms with Gasteiger partial charge in [0, 0.05) is 23.5 Å². The van der Waals surface area contributed by atoms with Crippen molar-refractivity contribution in [3.63, 3.8) is 0 Å². The third kappa shape index (κ3) is 7.96. The van der Waals surface area contributed by atoms with Crippen molar-refractivity contribution in [2.24, 2.45) is 5.92 Å². The normalized spacial score (nSPS) is 14.5. The van der Waals surface area contributed by atoms with Gasteiger partial charge in [-0.05, 0) is 80.3 Å². The number of aliphatic hydroxyl groups is 1. The minimum atomic E-state index is -0.868. The number of hydrogen-bond donors (Lipinski definition) is 3. The quantitative estimate of drug-likeness (QED) is 0.433. The first-order valence-corrected chi connectivity index (χ1v) is 11.2. The molecule has 0 aromatic heterocycles. The number of fused-ring (bicyclic) bond motifs is 1. The van der Waals surface area contributed by atoms with Crippen LogP contribution < -0.4 is 10.1 Å². The molecule has 3 rings (SSSR count). The van der Waals surface area contributed by atoms with Crippen molar-refractivity contribution in [1.29, 1.82) is 0 Å². The van der Waals surface area contributed by atoms with E-state index in [9.17, 15) is 9.90 Å². The number of benzene rings is 2. The minimum Gasteiger partial charge on any atom is -0.491 e. The topological polar surface area (TPSA) is 78.8 Å². The molecule has 0 aliphatic heterocycles. The Morgan fingerprint density at radius 2 is 1.88 bits per heavy atom. The number of aliphatic hydroxyl groups excluding tert-OH is 1. The number of hydrogen-bond acceptors (Lipinski definition) is 4. The lowest BCUT2D eigenvalue weighted by molar-refractivity contribution is -0.136. The predicted octanol–water partition coefficient (Wildman–Crippen LogP) is 4.69. The molecule has 0 heterocycles. The van der Waals surface area contributed by atoms with Gasteiger partial charge >= 0.3 is 5.97 Å². The van der Waals surface area contributed by atoms with E-state index in [1.54, 1.807) is 18.2 Å². The van der Waals surface area contributed by atoms with Gasteiger partial charge < -0.3 is 20.3 Å². The second-order valence-electron chi connectivity index (χ2n) is 9.12. The van der Waals surface area contributed by atoms with Crippen molar-refractivity contribution >= 4 is 30.0 Å². The largest absolute Gasteiger partial charge is 0.491 e. The number of carbonyl (C=O) groups is 1. The van der Waals surface area contributed by atoms with E-state index in [4.69, 9.17) is 21.4 Å². The van der Waals surface area contributed by atoms with Crippen molar-refractivity contribution in [3.05, 3.63) is 64.2 Å². The molecular formula is C25H33Cl2NO4. The van der Waals surface area contributed by atoms with Crippen LogP contribution in [-0.2, 0) is 24.1 Å². The fraction of sp³-hybridized carbons (Fsp3) is 0.480. The number of rotatable bonds is 11. The van der Waals surface area contributed by atoms with E-state index in [1.807, 2.05) is 0 Å². The molecule has 1 unspecified atom stereocenters. The molecule has 2 aromatic carbocycles. The molecule has 176 valence electrons. The third-order valence-corrected chi connectivity index (χ3v) is 6.19. The van der Waals surface area contributed by atoms with Gasteiger partial charge in [-0.2, -0.15) is 0 Å². The smallest absolute Gasteiger partial charge is 0.303 e. The first-order chi connectivity index (χ1) is 14.7. The van der Waals surface area contributed by atoms with E-state index in [0.29, 0.717) is 29.7 Å². The van der Waals surface area contributed by atoms with Crippen LogP contribution in [0.15, 0.2) is 42.5 Å². The summed E-state index contributed by atoms with van der Waals surface area (Å²) in [6.07, 6.45) is 2.98. The van der Waals surface area contributed by atoms with Crippen LogP contribution in [0.4, 0.5) is 0 Å². The molecule has 1 atom stereocenters. The minimum absolute atomic E-state index is 0. The lowest BCUT2D eigenvalue weighted by Gasteiger charge is -2.30. The van der Waals surface area contributed by atoms with Crippen molar-refractivity contribution in [2.45, 2.75) is 57.6 Å². The van der Waals surface area contributed by atoms with Gasteiger partial charge in [0.2, 0.25) is 0 Å². The molecule has 0 bridgehead atoms. The Balaban J connectivity index is 0.00000363. The molecule has 2 aromatic rings. The summed E-state index contributed by atoms with van der Waals surface area (Å²) in [5.41, 5.74) is 3.57. The highest BCUT2D eigenvalue weighted by Gasteiger charge is 2.28. The molecule has 0 spiro atoms. The molecule has 1 aliphatic rings. The van der Waals surface area contributed by atoms with E-state index < -0.39 is 12.1 Å². The zero-order valence-corrected chi connectivity index (χ0v) is 20.2. The molecule has 0 radical (unpaired) electrons. The number of aryl methyl sites for hydroxylation is 1. The summed E-state index contributed by atoms with van der Waals surface area (Å²) in [6.45, 7) is 4.94. The second kappa shape index (κ2) is 11.9. The number of aliphatic carboxylic acids is 1. The van der Waals surface area contributed by atoms with Crippen LogP contribution in [0, 0.1) is 5.92 Å². The van der Waals surface area contributed by atoms with Crippen LogP contribution in [0.3, 0.4) is 0 Å². The van der Waals surface area contributed by atoms with Crippen molar-refractivity contribution in [1.82, 2.24) is 5.32 Å². The maximum Gasteiger partial charge on any atom is 0.303 e. The van der Waals surface area contributed by atoms with Gasteiger partial charge in [0.15, 0.2) is 0 Å². The zero-order valence-electron chi connectivity index (χ0n) is 18.6. The molecule has 0 fully saturated rings. The number of carboxylic acid groups (broad SMARTS) is 1. The van der Waals surface area contributed by atoms with Crippen LogP contribution in [0.2, 0.25) is 5.02 Å². The third-order valence-electron chi connectivity index (χ3n) is 5.82. The SMILES string of the molecule is CC(C)(CC1Cc2ccccc2C1)NCC(O)COc1ccc(Cl)c(CCC(=O)O)c1.Cl. The van der Waals surface area contributed by atoms with Gasteiger partial charge in [0.1, 0.15) is 18.5 Å². The molecule has 0 saturated heterocycles. The maximum absolute atomic E-state index is 10.8. The van der Waals surface area contributed by atoms with Crippen molar-refractivity contribution < 1.29 is 19.7 Å². The summed E-state index contributed by atoms with van der Waals surface area (Å²) < 4.78 is 5.72. The summed E-state index contributed by atoms with van der Waals surface area (Å²) in [4.78, 5) is 10.8. The number of nitrogens with one attached hydrogen (secondary N) is 1. The number of ether oxygens (including phenoxy) is 1. The molecule has 1 aliphatic carbocycles. The molecule has 5 nitrogen and oxygen atoms in total. The summed E-state index contributed by atoms with van der Waals surface area (Å²) in [7, 11) is 0. The highest BCUT2D eigenvalue weighted by molar-refractivity contribution is 6.31. The first kappa shape index (κ1) is 26.5. The highest BCUT2D eigenvalue weighted by atomic mass is 35.5. The van der Waals surface area contributed by atoms with Gasteiger partial charge in [0.25, 0.3) is 0 Å². The van der Waals surface area contributed by atoms with Crippen LogP contribution >= 0.6 is 24.0 Å². The second-order valence-corrected chi connectivity index (χ2v) is 9.53. The van der Waals surface area contributed by atoms with E-state index in [-0.39, 0.29) is 31.0 Å². The average Bonchev–Trinajstić information content (AvgIpc) is 3.12. The molecule has 0 saturated carbocycles. The first-order valence-electron chi connectivity index (χ1n) is 10.8. The van der Waals surface area contributed by atoms with E-state index in [1.165, 1.54) is 11.1 Å². The molecule has 0 amide bonds. The molecular weight excluding hydrogens is 449 g/mol. The van der Waals surface area contributed by atoms with Crippen LogP contribution in [-0.4, -0.2) is 41.0 Å². The van der Waals surface area contributed by atoms with Gasteiger partial charge in [-0.25, -0.2) is 0 Å². The van der Waals surface area contributed by atoms with Crippen LogP contribution in [0.1, 0.15) is 43.4 Å². The fourth-order valence-electron chi connectivity index (χ4n) is 4.31. The molecule has 32 heavy (non-hydrogen) atoms. The Kier molecular flexibility index (Phi) is 9.83. The van der Waals surface area contributed by atoms with E-state index >= 15 is 0 Å². The Morgan fingerprint density at radius 1 is 1.22 bits per heavy atom. The zero-order chi connectivity index (χ0) is 22.4. The van der Waals surface area contributed by atoms with E-state index in [0.717, 1.165) is 24.8 Å². The lowest BCUT2D eigenvalue weighted by atomic mass is 9.88.